The molecular formula is C15H24O2. The van der Waals surface area contributed by atoms with Gasteiger partial charge in [0.2, 0.25) is 0 Å². The monoisotopic (exact) mass is 236 g/mol. The van der Waals surface area contributed by atoms with Crippen LogP contribution in [0.3, 0.4) is 0 Å². The molecule has 0 spiro atoms. The van der Waals surface area contributed by atoms with Gasteiger partial charge in [0.05, 0.1) is 12.7 Å². The number of aliphatic hydroxyl groups excluding tert-OH is 1. The zero-order valence-electron chi connectivity index (χ0n) is 11.4. The minimum absolute atomic E-state index is 0.222. The highest BCUT2D eigenvalue weighted by Gasteiger charge is 2.12. The molecule has 1 aromatic rings. The van der Waals surface area contributed by atoms with Crippen LogP contribution in [0.2, 0.25) is 0 Å². The van der Waals surface area contributed by atoms with Crippen LogP contribution in [0.5, 0.6) is 0 Å². The predicted molar refractivity (Wildman–Crippen MR) is 71.2 cm³/mol. The molecule has 0 aliphatic carbocycles. The van der Waals surface area contributed by atoms with Crippen molar-refractivity contribution >= 4 is 0 Å². The summed E-state index contributed by atoms with van der Waals surface area (Å²) >= 11 is 0. The molecule has 0 fully saturated rings. The smallest absolute Gasteiger partial charge is 0.103 e. The largest absolute Gasteiger partial charge is 0.386 e. The summed E-state index contributed by atoms with van der Waals surface area (Å²) in [6.45, 7) is 8.63. The number of ether oxygens (including phenoxy) is 1. The average molecular weight is 236 g/mol. The molecule has 2 nitrogen and oxygen atoms in total. The van der Waals surface area contributed by atoms with Crippen LogP contribution in [-0.4, -0.2) is 17.8 Å². The summed E-state index contributed by atoms with van der Waals surface area (Å²) in [6.07, 6.45) is 1.86. The Labute approximate surface area is 105 Å². The Balaban J connectivity index is 2.57. The second-order valence-electron chi connectivity index (χ2n) is 4.81. The van der Waals surface area contributed by atoms with Crippen LogP contribution >= 0.6 is 0 Å². The van der Waals surface area contributed by atoms with Crippen molar-refractivity contribution in [2.24, 2.45) is 0 Å². The van der Waals surface area contributed by atoms with Gasteiger partial charge < -0.3 is 9.84 Å². The highest BCUT2D eigenvalue weighted by atomic mass is 16.5. The van der Waals surface area contributed by atoms with Gasteiger partial charge in [-0.3, -0.25) is 0 Å². The summed E-state index contributed by atoms with van der Waals surface area (Å²) in [4.78, 5) is 0. The molecule has 17 heavy (non-hydrogen) atoms. The first-order valence-corrected chi connectivity index (χ1v) is 6.41. The van der Waals surface area contributed by atoms with Crippen LogP contribution in [0.1, 0.15) is 49.5 Å². The van der Waals surface area contributed by atoms with E-state index in [0.29, 0.717) is 6.61 Å². The zero-order valence-corrected chi connectivity index (χ0v) is 11.4. The van der Waals surface area contributed by atoms with Crippen molar-refractivity contribution < 1.29 is 9.84 Å². The first-order valence-electron chi connectivity index (χ1n) is 6.41. The fourth-order valence-corrected chi connectivity index (χ4v) is 1.95. The topological polar surface area (TPSA) is 29.5 Å². The van der Waals surface area contributed by atoms with E-state index >= 15 is 0 Å². The minimum atomic E-state index is -0.519. The molecule has 1 rings (SSSR count). The molecule has 0 radical (unpaired) electrons. The molecule has 2 unspecified atom stereocenters. The van der Waals surface area contributed by atoms with Crippen molar-refractivity contribution in [3.63, 3.8) is 0 Å². The molecule has 0 saturated heterocycles. The molecule has 0 saturated carbocycles. The van der Waals surface area contributed by atoms with Gasteiger partial charge in [-0.25, -0.2) is 0 Å². The van der Waals surface area contributed by atoms with E-state index in [-0.39, 0.29) is 6.10 Å². The molecule has 1 aromatic carbocycles. The number of hydrogen-bond donors (Lipinski definition) is 1. The number of aliphatic hydroxyl groups is 1. The fraction of sp³-hybridized carbons (Fsp3) is 0.600. The first-order chi connectivity index (χ1) is 8.04. The maximum Gasteiger partial charge on any atom is 0.103 e. The van der Waals surface area contributed by atoms with Gasteiger partial charge in [-0.15, -0.1) is 0 Å². The highest BCUT2D eigenvalue weighted by molar-refractivity contribution is 5.32. The van der Waals surface area contributed by atoms with E-state index in [1.54, 1.807) is 0 Å². The van der Waals surface area contributed by atoms with Crippen molar-refractivity contribution in [2.45, 2.75) is 52.7 Å². The van der Waals surface area contributed by atoms with Crippen molar-refractivity contribution in [2.75, 3.05) is 6.61 Å². The van der Waals surface area contributed by atoms with Crippen LogP contribution < -0.4 is 0 Å². The molecule has 0 amide bonds. The normalized spacial score (nSPS) is 14.6. The lowest BCUT2D eigenvalue weighted by molar-refractivity contribution is -0.00606. The van der Waals surface area contributed by atoms with Crippen LogP contribution in [0.15, 0.2) is 18.2 Å². The van der Waals surface area contributed by atoms with Gasteiger partial charge in [0.1, 0.15) is 6.10 Å². The van der Waals surface area contributed by atoms with Crippen LogP contribution in [0.25, 0.3) is 0 Å². The molecule has 1 N–H and O–H groups in total. The average Bonchev–Trinajstić information content (AvgIpc) is 2.29. The molecule has 0 bridgehead atoms. The summed E-state index contributed by atoms with van der Waals surface area (Å²) in [5.41, 5.74) is 3.27. The Morgan fingerprint density at radius 2 is 2.00 bits per heavy atom. The summed E-state index contributed by atoms with van der Waals surface area (Å²) in [5.74, 6) is 0. The Hall–Kier alpha value is -0.860. The number of aryl methyl sites for hydroxylation is 2. The zero-order chi connectivity index (χ0) is 12.8. The molecule has 96 valence electrons. The maximum atomic E-state index is 10.1. The lowest BCUT2D eigenvalue weighted by atomic mass is 10.0. The van der Waals surface area contributed by atoms with E-state index in [9.17, 15) is 5.11 Å². The Kier molecular flexibility index (Phi) is 5.66. The summed E-state index contributed by atoms with van der Waals surface area (Å²) in [7, 11) is 0. The van der Waals surface area contributed by atoms with Gasteiger partial charge >= 0.3 is 0 Å². The molecule has 0 aromatic heterocycles. The number of benzene rings is 1. The SMILES string of the molecule is CCCC(C)OCC(O)c1cc(C)ccc1C. The van der Waals surface area contributed by atoms with E-state index in [1.807, 2.05) is 26.0 Å². The second-order valence-corrected chi connectivity index (χ2v) is 4.81. The fourth-order valence-electron chi connectivity index (χ4n) is 1.95. The molecule has 2 heteroatoms. The number of rotatable bonds is 6. The predicted octanol–water partition coefficient (Wildman–Crippen LogP) is 3.54. The Morgan fingerprint density at radius 1 is 1.29 bits per heavy atom. The van der Waals surface area contributed by atoms with Crippen molar-refractivity contribution in [3.8, 4) is 0 Å². The lowest BCUT2D eigenvalue weighted by Crippen LogP contribution is -2.15. The molecule has 0 aliphatic heterocycles. The first kappa shape index (κ1) is 14.2. The lowest BCUT2D eigenvalue weighted by Gasteiger charge is -2.18. The van der Waals surface area contributed by atoms with Gasteiger partial charge in [0, 0.05) is 0 Å². The van der Waals surface area contributed by atoms with Crippen molar-refractivity contribution in [1.29, 1.82) is 0 Å². The van der Waals surface area contributed by atoms with E-state index in [2.05, 4.69) is 19.9 Å². The Morgan fingerprint density at radius 3 is 2.65 bits per heavy atom. The molecule has 0 aliphatic rings. The van der Waals surface area contributed by atoms with E-state index in [4.69, 9.17) is 4.74 Å². The minimum Gasteiger partial charge on any atom is -0.386 e. The van der Waals surface area contributed by atoms with Gasteiger partial charge in [-0.1, -0.05) is 37.1 Å². The van der Waals surface area contributed by atoms with Crippen molar-refractivity contribution in [3.05, 3.63) is 34.9 Å². The van der Waals surface area contributed by atoms with Gasteiger partial charge in [0.15, 0.2) is 0 Å². The summed E-state index contributed by atoms with van der Waals surface area (Å²) < 4.78 is 5.64. The standard InChI is InChI=1S/C15H24O2/c1-5-6-13(4)17-10-15(16)14-9-11(2)7-8-12(14)3/h7-9,13,15-16H,5-6,10H2,1-4H3. The van der Waals surface area contributed by atoms with Crippen LogP contribution in [0, 0.1) is 13.8 Å². The van der Waals surface area contributed by atoms with Gasteiger partial charge in [-0.05, 0) is 38.3 Å². The van der Waals surface area contributed by atoms with Crippen molar-refractivity contribution in [1.82, 2.24) is 0 Å². The summed E-state index contributed by atoms with van der Waals surface area (Å²) in [5, 5.41) is 10.1. The van der Waals surface area contributed by atoms with E-state index in [1.165, 1.54) is 5.56 Å². The van der Waals surface area contributed by atoms with E-state index < -0.39 is 6.10 Å². The summed E-state index contributed by atoms with van der Waals surface area (Å²) in [6, 6.07) is 6.14. The van der Waals surface area contributed by atoms with Crippen LogP contribution in [0.4, 0.5) is 0 Å². The highest BCUT2D eigenvalue weighted by Crippen LogP contribution is 2.20. The van der Waals surface area contributed by atoms with Gasteiger partial charge in [-0.2, -0.15) is 0 Å². The quantitative estimate of drug-likeness (QED) is 0.818. The maximum absolute atomic E-state index is 10.1. The Bertz CT molecular complexity index is 347. The van der Waals surface area contributed by atoms with E-state index in [0.717, 1.165) is 24.0 Å². The third-order valence-corrected chi connectivity index (χ3v) is 3.03. The third kappa shape index (κ3) is 4.49. The molecule has 0 heterocycles. The number of hydrogen-bond acceptors (Lipinski definition) is 2. The molecule has 2 atom stereocenters. The third-order valence-electron chi connectivity index (χ3n) is 3.03. The second kappa shape index (κ2) is 6.77. The molecular weight excluding hydrogens is 212 g/mol. The van der Waals surface area contributed by atoms with Crippen LogP contribution in [-0.2, 0) is 4.74 Å². The van der Waals surface area contributed by atoms with Gasteiger partial charge in [0.25, 0.3) is 0 Å².